The zero-order valence-electron chi connectivity index (χ0n) is 39.0. The minimum absolute atomic E-state index is 0.0599. The molecule has 0 aliphatic heterocycles. The quantitative estimate of drug-likeness (QED) is 0.0244. The fourth-order valence-electron chi connectivity index (χ4n) is 6.68. The molecule has 8 nitrogen and oxygen atoms in total. The summed E-state index contributed by atoms with van der Waals surface area (Å²) in [5, 5.41) is 13.8. The van der Waals surface area contributed by atoms with Crippen molar-refractivity contribution in [2.24, 2.45) is 0 Å². The van der Waals surface area contributed by atoms with E-state index < -0.39 is 20.0 Å². The number of phosphoric ester groups is 1. The van der Waals surface area contributed by atoms with Gasteiger partial charge in [0.1, 0.15) is 13.2 Å². The Balaban J connectivity index is 4.14. The zero-order chi connectivity index (χ0) is 43.6. The number of rotatable bonds is 43. The van der Waals surface area contributed by atoms with Crippen molar-refractivity contribution < 1.29 is 32.9 Å². The first-order valence-electron chi connectivity index (χ1n) is 24.2. The van der Waals surface area contributed by atoms with Gasteiger partial charge in [0.25, 0.3) is 0 Å². The van der Waals surface area contributed by atoms with Crippen LogP contribution in [0.2, 0.25) is 0 Å². The van der Waals surface area contributed by atoms with Crippen LogP contribution in [-0.2, 0) is 18.4 Å². The van der Waals surface area contributed by atoms with Gasteiger partial charge in [-0.3, -0.25) is 13.8 Å². The van der Waals surface area contributed by atoms with Crippen molar-refractivity contribution in [3.05, 3.63) is 60.8 Å². The minimum atomic E-state index is -4.34. The highest BCUT2D eigenvalue weighted by molar-refractivity contribution is 7.47. The summed E-state index contributed by atoms with van der Waals surface area (Å²) < 4.78 is 23.5. The number of carbonyl (C=O) groups excluding carboxylic acids is 1. The number of allylic oxidation sites excluding steroid dienone is 9. The van der Waals surface area contributed by atoms with Gasteiger partial charge < -0.3 is 19.8 Å². The number of quaternary nitrogens is 1. The van der Waals surface area contributed by atoms with Gasteiger partial charge in [-0.1, -0.05) is 197 Å². The molecule has 0 aliphatic carbocycles. The van der Waals surface area contributed by atoms with E-state index in [0.29, 0.717) is 17.4 Å². The van der Waals surface area contributed by atoms with Gasteiger partial charge in [0, 0.05) is 6.42 Å². The van der Waals surface area contributed by atoms with Gasteiger partial charge in [-0.25, -0.2) is 4.57 Å². The number of aliphatic hydroxyl groups is 1. The molecule has 9 heteroatoms. The van der Waals surface area contributed by atoms with E-state index in [4.69, 9.17) is 9.05 Å². The predicted octanol–water partition coefficient (Wildman–Crippen LogP) is 13.8. The number of aliphatic hydroxyl groups excluding tert-OH is 1. The first-order valence-corrected chi connectivity index (χ1v) is 25.7. The Morgan fingerprint density at radius 1 is 0.593 bits per heavy atom. The Hall–Kier alpha value is -1.80. The number of nitrogens with one attached hydrogen (secondary N) is 1. The van der Waals surface area contributed by atoms with Crippen LogP contribution in [0.25, 0.3) is 0 Å². The number of unbranched alkanes of at least 4 members (excludes halogenated alkanes) is 22. The Labute approximate surface area is 364 Å². The molecule has 0 aromatic heterocycles. The summed E-state index contributed by atoms with van der Waals surface area (Å²) >= 11 is 0. The van der Waals surface area contributed by atoms with E-state index in [1.807, 2.05) is 27.2 Å². The molecule has 3 N–H and O–H groups in total. The minimum Gasteiger partial charge on any atom is -0.387 e. The van der Waals surface area contributed by atoms with Crippen molar-refractivity contribution >= 4 is 13.7 Å². The van der Waals surface area contributed by atoms with Gasteiger partial charge in [0.05, 0.1) is 39.9 Å². The van der Waals surface area contributed by atoms with Crippen LogP contribution < -0.4 is 5.32 Å². The smallest absolute Gasteiger partial charge is 0.387 e. The van der Waals surface area contributed by atoms with Crippen LogP contribution in [0, 0.1) is 0 Å². The summed E-state index contributed by atoms with van der Waals surface area (Å²) in [6.07, 6.45) is 54.5. The zero-order valence-corrected chi connectivity index (χ0v) is 39.9. The number of hydrogen-bond acceptors (Lipinski definition) is 5. The van der Waals surface area contributed by atoms with Crippen LogP contribution in [0.1, 0.15) is 200 Å². The highest BCUT2D eigenvalue weighted by Crippen LogP contribution is 2.43. The molecule has 0 radical (unpaired) electrons. The SMILES string of the molecule is CC/C=C\C/C=C\C/C=C\C/C=C\CCCCCCCCCCCCCCCCC(=O)NC(COP(=O)(O)OCC[N+](C)(C)C)C(O)/C=C/CCCCCCCCCC. The normalized spacial score (nSPS) is 14.8. The predicted molar refractivity (Wildman–Crippen MR) is 254 cm³/mol. The third-order valence-electron chi connectivity index (χ3n) is 10.5. The lowest BCUT2D eigenvalue weighted by Gasteiger charge is -2.25. The van der Waals surface area contributed by atoms with E-state index in [-0.39, 0.29) is 19.1 Å². The van der Waals surface area contributed by atoms with Crippen LogP contribution in [0.15, 0.2) is 60.8 Å². The summed E-state index contributed by atoms with van der Waals surface area (Å²) in [6.45, 7) is 4.67. The second kappa shape index (κ2) is 41.5. The number of hydrogen-bond donors (Lipinski definition) is 3. The molecule has 0 saturated heterocycles. The number of phosphoric acid groups is 1. The monoisotopic (exact) mass is 850 g/mol. The molecular formula is C50H94N2O6P+. The van der Waals surface area contributed by atoms with E-state index in [9.17, 15) is 19.4 Å². The third kappa shape index (κ3) is 44.1. The fraction of sp³-hybridized carbons (Fsp3) is 0.780. The van der Waals surface area contributed by atoms with E-state index in [1.54, 1.807) is 6.08 Å². The summed E-state index contributed by atoms with van der Waals surface area (Å²) in [5.41, 5.74) is 0. The number of nitrogens with zero attached hydrogens (tertiary/aromatic N) is 1. The van der Waals surface area contributed by atoms with Crippen molar-refractivity contribution in [3.63, 3.8) is 0 Å². The maximum atomic E-state index is 12.9. The van der Waals surface area contributed by atoms with Gasteiger partial charge in [0.15, 0.2) is 0 Å². The molecule has 0 spiro atoms. The first-order chi connectivity index (χ1) is 28.5. The average molecular weight is 850 g/mol. The van der Waals surface area contributed by atoms with Crippen molar-refractivity contribution in [2.45, 2.75) is 212 Å². The van der Waals surface area contributed by atoms with Crippen molar-refractivity contribution in [2.75, 3.05) is 40.9 Å². The summed E-state index contributed by atoms with van der Waals surface area (Å²) in [5.74, 6) is -0.182. The second-order valence-electron chi connectivity index (χ2n) is 17.5. The van der Waals surface area contributed by atoms with Crippen LogP contribution in [0.5, 0.6) is 0 Å². The van der Waals surface area contributed by atoms with Gasteiger partial charge in [-0.15, -0.1) is 0 Å². The van der Waals surface area contributed by atoms with Crippen molar-refractivity contribution in [3.8, 4) is 0 Å². The molecule has 0 aromatic carbocycles. The molecule has 0 saturated carbocycles. The van der Waals surface area contributed by atoms with E-state index in [0.717, 1.165) is 64.2 Å². The van der Waals surface area contributed by atoms with E-state index in [2.05, 4.69) is 67.8 Å². The topological polar surface area (TPSA) is 105 Å². The Morgan fingerprint density at radius 2 is 1.02 bits per heavy atom. The van der Waals surface area contributed by atoms with Crippen LogP contribution in [-0.4, -0.2) is 73.4 Å². The Bertz CT molecular complexity index is 1140. The highest BCUT2D eigenvalue weighted by Gasteiger charge is 2.27. The second-order valence-corrected chi connectivity index (χ2v) is 18.9. The summed E-state index contributed by atoms with van der Waals surface area (Å²) in [7, 11) is 1.57. The standard InChI is InChI=1S/C50H93N2O6P/c1-6-8-10-12-14-16-18-19-20-21-22-23-24-25-26-27-28-29-30-31-32-33-34-36-38-40-42-44-50(54)51-48(47-58-59(55,56)57-46-45-52(3,4)5)49(53)43-41-39-37-35-17-15-13-11-9-7-2/h8,10,14,16,19-20,22-23,41,43,48-49,53H,6-7,9,11-13,15,17-18,21,24-40,42,44-47H2,1-5H3,(H-,51,54,55,56)/p+1/b10-8-,16-14-,20-19-,23-22-,43-41+. The maximum Gasteiger partial charge on any atom is 0.472 e. The molecule has 59 heavy (non-hydrogen) atoms. The molecule has 3 unspecified atom stereocenters. The van der Waals surface area contributed by atoms with Gasteiger partial charge in [-0.2, -0.15) is 0 Å². The third-order valence-corrected chi connectivity index (χ3v) is 11.5. The van der Waals surface area contributed by atoms with Crippen LogP contribution in [0.4, 0.5) is 0 Å². The van der Waals surface area contributed by atoms with E-state index in [1.165, 1.54) is 116 Å². The lowest BCUT2D eigenvalue weighted by molar-refractivity contribution is -0.870. The van der Waals surface area contributed by atoms with Crippen molar-refractivity contribution in [1.82, 2.24) is 5.32 Å². The summed E-state index contributed by atoms with van der Waals surface area (Å²) in [4.78, 5) is 23.1. The number of amides is 1. The molecule has 0 aliphatic rings. The number of carbonyl (C=O) groups is 1. The molecule has 344 valence electrons. The Morgan fingerprint density at radius 3 is 1.49 bits per heavy atom. The Kier molecular flexibility index (Phi) is 40.3. The molecule has 0 aromatic rings. The van der Waals surface area contributed by atoms with Gasteiger partial charge >= 0.3 is 7.82 Å². The lowest BCUT2D eigenvalue weighted by Crippen LogP contribution is -2.45. The largest absolute Gasteiger partial charge is 0.472 e. The molecule has 0 rings (SSSR count). The lowest BCUT2D eigenvalue weighted by atomic mass is 10.0. The first kappa shape index (κ1) is 57.2. The number of likely N-dealkylation sites (N-methyl/N-ethyl adjacent to an activating group) is 1. The fourth-order valence-corrected chi connectivity index (χ4v) is 7.41. The molecule has 0 heterocycles. The van der Waals surface area contributed by atoms with E-state index >= 15 is 0 Å². The molecular weight excluding hydrogens is 756 g/mol. The summed E-state index contributed by atoms with van der Waals surface area (Å²) in [6, 6.07) is -0.846. The van der Waals surface area contributed by atoms with Crippen LogP contribution in [0.3, 0.4) is 0 Å². The molecule has 0 bridgehead atoms. The molecule has 3 atom stereocenters. The molecule has 0 fully saturated rings. The molecule has 1 amide bonds. The van der Waals surface area contributed by atoms with Gasteiger partial charge in [0.2, 0.25) is 5.91 Å². The maximum absolute atomic E-state index is 12.9. The average Bonchev–Trinajstić information content (AvgIpc) is 3.19. The van der Waals surface area contributed by atoms with Crippen LogP contribution >= 0.6 is 7.82 Å². The van der Waals surface area contributed by atoms with Crippen molar-refractivity contribution in [1.29, 1.82) is 0 Å². The van der Waals surface area contributed by atoms with Gasteiger partial charge in [-0.05, 0) is 57.8 Å². The highest BCUT2D eigenvalue weighted by atomic mass is 31.2.